The van der Waals surface area contributed by atoms with Gasteiger partial charge < -0.3 is 26.1 Å². The Morgan fingerprint density at radius 3 is 2.58 bits per heavy atom. The van der Waals surface area contributed by atoms with E-state index in [-0.39, 0.29) is 17.0 Å². The van der Waals surface area contributed by atoms with Crippen molar-refractivity contribution in [2.75, 3.05) is 7.11 Å². The molecule has 0 fully saturated rings. The second-order valence-corrected chi connectivity index (χ2v) is 4.40. The molecule has 19 heavy (non-hydrogen) atoms. The van der Waals surface area contributed by atoms with Crippen molar-refractivity contribution < 1.29 is 21.7 Å². The van der Waals surface area contributed by atoms with E-state index in [4.69, 9.17) is 16.3 Å². The minimum atomic E-state index is 0. The van der Waals surface area contributed by atoms with Gasteiger partial charge in [0.15, 0.2) is 0 Å². The quantitative estimate of drug-likeness (QED) is 0.686. The van der Waals surface area contributed by atoms with Crippen molar-refractivity contribution in [3.05, 3.63) is 53.8 Å². The molecule has 3 rings (SSSR count). The maximum absolute atomic E-state index is 5.94. The maximum atomic E-state index is 5.94. The number of hydrogen-bond acceptors (Lipinski definition) is 2. The molecule has 2 heterocycles. The lowest BCUT2D eigenvalue weighted by Crippen LogP contribution is -3.00. The number of ether oxygens (including phenoxy) is 1. The smallest absolute Gasteiger partial charge is 0.138 e. The SMILES string of the molecule is COc1ccc(-c2cn3ccc(Cl)cc3n2)cc1.[Br-]. The van der Waals surface area contributed by atoms with E-state index in [1.807, 2.05) is 53.2 Å². The molecule has 3 nitrogen and oxygen atoms in total. The second kappa shape index (κ2) is 5.63. The summed E-state index contributed by atoms with van der Waals surface area (Å²) in [6, 6.07) is 11.5. The second-order valence-electron chi connectivity index (χ2n) is 3.97. The van der Waals surface area contributed by atoms with Crippen molar-refractivity contribution in [1.29, 1.82) is 0 Å². The highest BCUT2D eigenvalue weighted by molar-refractivity contribution is 6.30. The molecular formula is C14H11BrClN2O-. The normalized spacial score (nSPS) is 10.2. The van der Waals surface area contributed by atoms with Crippen LogP contribution in [-0.2, 0) is 0 Å². The molecule has 0 atom stereocenters. The van der Waals surface area contributed by atoms with Crippen LogP contribution in [0.4, 0.5) is 0 Å². The van der Waals surface area contributed by atoms with E-state index in [1.165, 1.54) is 0 Å². The van der Waals surface area contributed by atoms with Crippen molar-refractivity contribution in [1.82, 2.24) is 9.38 Å². The van der Waals surface area contributed by atoms with Gasteiger partial charge in [-0.05, 0) is 30.3 Å². The van der Waals surface area contributed by atoms with Crippen LogP contribution >= 0.6 is 11.6 Å². The topological polar surface area (TPSA) is 26.5 Å². The predicted molar refractivity (Wildman–Crippen MR) is 72.2 cm³/mol. The molecule has 0 spiro atoms. The average Bonchev–Trinajstić information content (AvgIpc) is 2.81. The predicted octanol–water partition coefficient (Wildman–Crippen LogP) is 0.667. The lowest BCUT2D eigenvalue weighted by Gasteiger charge is -1.99. The van der Waals surface area contributed by atoms with Crippen LogP contribution in [0, 0.1) is 0 Å². The zero-order valence-corrected chi connectivity index (χ0v) is 12.5. The summed E-state index contributed by atoms with van der Waals surface area (Å²) in [4.78, 5) is 4.54. The molecule has 0 unspecified atom stereocenters. The van der Waals surface area contributed by atoms with Crippen molar-refractivity contribution in [3.8, 4) is 17.0 Å². The third-order valence-corrected chi connectivity index (χ3v) is 3.04. The fraction of sp³-hybridized carbons (Fsp3) is 0.0714. The number of aromatic nitrogens is 2. The van der Waals surface area contributed by atoms with Gasteiger partial charge in [0.1, 0.15) is 11.4 Å². The Bertz CT molecular complexity index is 694. The molecule has 0 aliphatic carbocycles. The number of nitrogens with zero attached hydrogens (tertiary/aromatic N) is 2. The summed E-state index contributed by atoms with van der Waals surface area (Å²) < 4.78 is 7.09. The zero-order chi connectivity index (χ0) is 12.5. The third kappa shape index (κ3) is 2.74. The van der Waals surface area contributed by atoms with Gasteiger partial charge in [0, 0.05) is 29.0 Å². The summed E-state index contributed by atoms with van der Waals surface area (Å²) in [5, 5.41) is 0.689. The molecule has 1 aromatic carbocycles. The molecule has 5 heteroatoms. The van der Waals surface area contributed by atoms with E-state index in [0.29, 0.717) is 5.02 Å². The number of pyridine rings is 1. The Balaban J connectivity index is 0.00000133. The minimum absolute atomic E-state index is 0. The van der Waals surface area contributed by atoms with Crippen molar-refractivity contribution in [3.63, 3.8) is 0 Å². The van der Waals surface area contributed by atoms with E-state index < -0.39 is 0 Å². The maximum Gasteiger partial charge on any atom is 0.138 e. The van der Waals surface area contributed by atoms with Gasteiger partial charge in [-0.15, -0.1) is 0 Å². The highest BCUT2D eigenvalue weighted by atomic mass is 79.9. The number of hydrogen-bond donors (Lipinski definition) is 0. The molecule has 0 saturated carbocycles. The van der Waals surface area contributed by atoms with Crippen LogP contribution in [0.5, 0.6) is 5.75 Å². The van der Waals surface area contributed by atoms with Crippen molar-refractivity contribution in [2.24, 2.45) is 0 Å². The third-order valence-electron chi connectivity index (χ3n) is 2.81. The van der Waals surface area contributed by atoms with Crippen LogP contribution in [0.2, 0.25) is 5.02 Å². The Morgan fingerprint density at radius 1 is 1.16 bits per heavy atom. The molecule has 0 amide bonds. The molecule has 98 valence electrons. The molecule has 2 aromatic heterocycles. The van der Waals surface area contributed by atoms with Crippen LogP contribution in [0.15, 0.2) is 48.8 Å². The van der Waals surface area contributed by atoms with Gasteiger partial charge in [-0.2, -0.15) is 0 Å². The number of imidazole rings is 1. The Labute approximate surface area is 126 Å². The number of halogens is 2. The first kappa shape index (κ1) is 13.9. The first-order chi connectivity index (χ1) is 8.76. The summed E-state index contributed by atoms with van der Waals surface area (Å²) in [6.45, 7) is 0. The fourth-order valence-corrected chi connectivity index (χ4v) is 2.01. The van der Waals surface area contributed by atoms with Gasteiger partial charge in [-0.25, -0.2) is 4.98 Å². The summed E-state index contributed by atoms with van der Waals surface area (Å²) in [7, 11) is 1.65. The van der Waals surface area contributed by atoms with E-state index in [9.17, 15) is 0 Å². The highest BCUT2D eigenvalue weighted by Gasteiger charge is 2.04. The standard InChI is InChI=1S/C14H11ClN2O.BrH/c1-18-12-4-2-10(3-5-12)13-9-17-7-6-11(15)8-14(17)16-13;/h2-9H,1H3;1H/p-1. The van der Waals surface area contributed by atoms with Gasteiger partial charge in [-0.3, -0.25) is 0 Å². The number of methoxy groups -OCH3 is 1. The van der Waals surface area contributed by atoms with Gasteiger partial charge in [0.05, 0.1) is 12.8 Å². The molecule has 0 bridgehead atoms. The van der Waals surface area contributed by atoms with Gasteiger partial charge in [0.25, 0.3) is 0 Å². The van der Waals surface area contributed by atoms with Gasteiger partial charge in [-0.1, -0.05) is 11.6 Å². The molecular weight excluding hydrogens is 328 g/mol. The number of benzene rings is 1. The van der Waals surface area contributed by atoms with E-state index in [1.54, 1.807) is 7.11 Å². The van der Waals surface area contributed by atoms with Crippen LogP contribution in [0.1, 0.15) is 0 Å². The molecule has 0 radical (unpaired) electrons. The number of rotatable bonds is 2. The zero-order valence-electron chi connectivity index (χ0n) is 10.2. The molecule has 0 N–H and O–H groups in total. The Hall–Kier alpha value is -1.52. The van der Waals surface area contributed by atoms with Crippen LogP contribution in [0.25, 0.3) is 16.9 Å². The number of fused-ring (bicyclic) bond motifs is 1. The van der Waals surface area contributed by atoms with Crippen LogP contribution < -0.4 is 21.7 Å². The molecule has 3 aromatic rings. The molecule has 0 saturated heterocycles. The average molecular weight is 339 g/mol. The van der Waals surface area contributed by atoms with Gasteiger partial charge in [0.2, 0.25) is 0 Å². The molecule has 0 aliphatic heterocycles. The monoisotopic (exact) mass is 337 g/mol. The fourth-order valence-electron chi connectivity index (χ4n) is 1.86. The Kier molecular flexibility index (Phi) is 4.12. The largest absolute Gasteiger partial charge is 1.00 e. The van der Waals surface area contributed by atoms with Crippen LogP contribution in [-0.4, -0.2) is 16.5 Å². The highest BCUT2D eigenvalue weighted by Crippen LogP contribution is 2.23. The summed E-state index contributed by atoms with van der Waals surface area (Å²) in [6.07, 6.45) is 3.88. The van der Waals surface area contributed by atoms with Crippen molar-refractivity contribution >= 4 is 17.2 Å². The Morgan fingerprint density at radius 2 is 1.89 bits per heavy atom. The summed E-state index contributed by atoms with van der Waals surface area (Å²) in [5.41, 5.74) is 2.81. The lowest BCUT2D eigenvalue weighted by atomic mass is 10.2. The first-order valence-corrected chi connectivity index (χ1v) is 5.93. The first-order valence-electron chi connectivity index (χ1n) is 5.55. The van der Waals surface area contributed by atoms with Crippen molar-refractivity contribution in [2.45, 2.75) is 0 Å². The van der Waals surface area contributed by atoms with Crippen LogP contribution in [0.3, 0.4) is 0 Å². The lowest BCUT2D eigenvalue weighted by molar-refractivity contribution is -0.00000388. The molecule has 0 aliphatic rings. The minimum Gasteiger partial charge on any atom is -1.00 e. The van der Waals surface area contributed by atoms with Gasteiger partial charge >= 0.3 is 0 Å². The summed E-state index contributed by atoms with van der Waals surface area (Å²) in [5.74, 6) is 0.838. The summed E-state index contributed by atoms with van der Waals surface area (Å²) >= 11 is 5.94. The van der Waals surface area contributed by atoms with E-state index in [0.717, 1.165) is 22.7 Å². The van der Waals surface area contributed by atoms with E-state index >= 15 is 0 Å². The van der Waals surface area contributed by atoms with E-state index in [2.05, 4.69) is 4.98 Å².